The minimum atomic E-state index is -0.121. The van der Waals surface area contributed by atoms with Crippen LogP contribution in [0.1, 0.15) is 25.0 Å². The van der Waals surface area contributed by atoms with Crippen LogP contribution < -0.4 is 4.90 Å². The Morgan fingerprint density at radius 2 is 0.881 bits per heavy atom. The minimum absolute atomic E-state index is 0.121. The standard InChI is InChI=1S/C57H41NO/c1-57(2)48-27-13-9-24-46(48)54-45(26-17-28-49(54)57)44-23-11-15-30-51(44)58(50-29-14-10-22-42(50)41-34-32-39(33-35-41)38-18-5-3-6-19-38)52-37-36-43(40-20-7-4-8-21-40)56-55(52)47-25-12-16-31-53(47)59-56/h3-37H,1-2H3. The van der Waals surface area contributed by atoms with Crippen LogP contribution in [0.15, 0.2) is 217 Å². The number of para-hydroxylation sites is 3. The molecular weight excluding hydrogens is 715 g/mol. The van der Waals surface area contributed by atoms with Gasteiger partial charge in [-0.25, -0.2) is 0 Å². The van der Waals surface area contributed by atoms with E-state index < -0.39 is 0 Å². The highest BCUT2D eigenvalue weighted by molar-refractivity contribution is 6.18. The van der Waals surface area contributed by atoms with Crippen LogP contribution in [0.25, 0.3) is 77.6 Å². The topological polar surface area (TPSA) is 16.4 Å². The van der Waals surface area contributed by atoms with Crippen molar-refractivity contribution in [2.75, 3.05) is 4.90 Å². The number of furan rings is 1. The molecule has 1 aliphatic carbocycles. The molecule has 0 saturated heterocycles. The Labute approximate surface area is 345 Å². The summed E-state index contributed by atoms with van der Waals surface area (Å²) in [7, 11) is 0. The van der Waals surface area contributed by atoms with Gasteiger partial charge in [0.05, 0.1) is 22.4 Å². The van der Waals surface area contributed by atoms with Gasteiger partial charge in [-0.1, -0.05) is 196 Å². The van der Waals surface area contributed by atoms with Gasteiger partial charge < -0.3 is 9.32 Å². The van der Waals surface area contributed by atoms with Gasteiger partial charge in [-0.2, -0.15) is 0 Å². The lowest BCUT2D eigenvalue weighted by Gasteiger charge is -2.31. The molecular formula is C57H41NO. The third-order valence-electron chi connectivity index (χ3n) is 12.3. The van der Waals surface area contributed by atoms with E-state index in [1.807, 2.05) is 0 Å². The van der Waals surface area contributed by atoms with Gasteiger partial charge in [0.1, 0.15) is 11.2 Å². The Morgan fingerprint density at radius 1 is 0.356 bits per heavy atom. The molecule has 1 heterocycles. The van der Waals surface area contributed by atoms with Crippen LogP contribution in [0.3, 0.4) is 0 Å². The molecule has 0 unspecified atom stereocenters. The second-order valence-corrected chi connectivity index (χ2v) is 16.0. The first-order valence-corrected chi connectivity index (χ1v) is 20.4. The predicted molar refractivity (Wildman–Crippen MR) is 248 cm³/mol. The van der Waals surface area contributed by atoms with Gasteiger partial charge in [0.2, 0.25) is 0 Å². The number of nitrogens with zero attached hydrogens (tertiary/aromatic N) is 1. The first kappa shape index (κ1) is 34.8. The summed E-state index contributed by atoms with van der Waals surface area (Å²) < 4.78 is 6.88. The number of hydrogen-bond acceptors (Lipinski definition) is 2. The Kier molecular flexibility index (Phi) is 8.20. The van der Waals surface area contributed by atoms with Gasteiger partial charge in [0.25, 0.3) is 0 Å². The average Bonchev–Trinajstić information content (AvgIpc) is 3.80. The maximum Gasteiger partial charge on any atom is 0.145 e. The fourth-order valence-corrected chi connectivity index (χ4v) is 9.49. The molecule has 0 bridgehead atoms. The molecule has 9 aromatic carbocycles. The van der Waals surface area contributed by atoms with Gasteiger partial charge >= 0.3 is 0 Å². The summed E-state index contributed by atoms with van der Waals surface area (Å²) in [6, 6.07) is 76.7. The number of rotatable bonds is 7. The highest BCUT2D eigenvalue weighted by Crippen LogP contribution is 2.55. The van der Waals surface area contributed by atoms with E-state index in [1.165, 1.54) is 44.5 Å². The number of fused-ring (bicyclic) bond motifs is 6. The van der Waals surface area contributed by atoms with Crippen molar-refractivity contribution in [3.8, 4) is 55.6 Å². The van der Waals surface area contributed by atoms with Crippen LogP contribution in [0.5, 0.6) is 0 Å². The minimum Gasteiger partial charge on any atom is -0.455 e. The fraction of sp³-hybridized carbons (Fsp3) is 0.0526. The molecule has 0 spiro atoms. The summed E-state index contributed by atoms with van der Waals surface area (Å²) in [6.45, 7) is 4.71. The quantitative estimate of drug-likeness (QED) is 0.161. The lowest BCUT2D eigenvalue weighted by molar-refractivity contribution is 0.660. The van der Waals surface area contributed by atoms with Gasteiger partial charge in [0, 0.05) is 27.5 Å². The summed E-state index contributed by atoms with van der Waals surface area (Å²) in [4.78, 5) is 2.49. The van der Waals surface area contributed by atoms with Crippen LogP contribution in [-0.4, -0.2) is 0 Å². The van der Waals surface area contributed by atoms with Crippen LogP contribution in [-0.2, 0) is 5.41 Å². The van der Waals surface area contributed by atoms with Gasteiger partial charge in [0.15, 0.2) is 0 Å². The zero-order valence-corrected chi connectivity index (χ0v) is 33.1. The third kappa shape index (κ3) is 5.63. The van der Waals surface area contributed by atoms with E-state index in [1.54, 1.807) is 0 Å². The van der Waals surface area contributed by atoms with Crippen LogP contribution >= 0.6 is 0 Å². The first-order valence-electron chi connectivity index (χ1n) is 20.4. The van der Waals surface area contributed by atoms with E-state index in [2.05, 4.69) is 231 Å². The Morgan fingerprint density at radius 3 is 1.64 bits per heavy atom. The van der Waals surface area contributed by atoms with Gasteiger partial charge in [-0.05, 0) is 80.4 Å². The van der Waals surface area contributed by atoms with Crippen molar-refractivity contribution < 1.29 is 4.42 Å². The molecule has 0 radical (unpaired) electrons. The van der Waals surface area contributed by atoms with Crippen molar-refractivity contribution in [3.63, 3.8) is 0 Å². The number of hydrogen-bond donors (Lipinski definition) is 0. The number of anilines is 3. The van der Waals surface area contributed by atoms with E-state index in [0.717, 1.165) is 61.3 Å². The lowest BCUT2D eigenvalue weighted by Crippen LogP contribution is -2.15. The summed E-state index contributed by atoms with van der Waals surface area (Å²) in [5, 5.41) is 2.16. The summed E-state index contributed by atoms with van der Waals surface area (Å²) in [5.41, 5.74) is 19.4. The summed E-state index contributed by atoms with van der Waals surface area (Å²) >= 11 is 0. The molecule has 2 nitrogen and oxygen atoms in total. The first-order chi connectivity index (χ1) is 29.1. The normalized spacial score (nSPS) is 12.7. The molecule has 10 aromatic rings. The zero-order chi connectivity index (χ0) is 39.5. The van der Waals surface area contributed by atoms with Crippen LogP contribution in [0.4, 0.5) is 17.1 Å². The molecule has 1 aromatic heterocycles. The Bertz CT molecular complexity index is 3170. The highest BCUT2D eigenvalue weighted by Gasteiger charge is 2.37. The van der Waals surface area contributed by atoms with Crippen molar-refractivity contribution in [2.45, 2.75) is 19.3 Å². The van der Waals surface area contributed by atoms with Crippen LogP contribution in [0, 0.1) is 0 Å². The van der Waals surface area contributed by atoms with Crippen molar-refractivity contribution >= 4 is 39.0 Å². The summed E-state index contributed by atoms with van der Waals surface area (Å²) in [6.07, 6.45) is 0. The van der Waals surface area contributed by atoms with Crippen LogP contribution in [0.2, 0.25) is 0 Å². The molecule has 11 rings (SSSR count). The molecule has 0 aliphatic heterocycles. The van der Waals surface area contributed by atoms with E-state index in [-0.39, 0.29) is 5.41 Å². The average molecular weight is 756 g/mol. The predicted octanol–water partition coefficient (Wildman–Crippen LogP) is 16.0. The largest absolute Gasteiger partial charge is 0.455 e. The van der Waals surface area contributed by atoms with E-state index in [4.69, 9.17) is 4.42 Å². The third-order valence-corrected chi connectivity index (χ3v) is 12.3. The van der Waals surface area contributed by atoms with Gasteiger partial charge in [-0.3, -0.25) is 0 Å². The Hall–Kier alpha value is -7.42. The molecule has 0 N–H and O–H groups in total. The highest BCUT2D eigenvalue weighted by atomic mass is 16.3. The maximum absolute atomic E-state index is 6.88. The second-order valence-electron chi connectivity index (χ2n) is 16.0. The van der Waals surface area contributed by atoms with E-state index >= 15 is 0 Å². The molecule has 59 heavy (non-hydrogen) atoms. The molecule has 0 saturated carbocycles. The molecule has 0 amide bonds. The zero-order valence-electron chi connectivity index (χ0n) is 33.1. The molecule has 280 valence electrons. The van der Waals surface area contributed by atoms with E-state index in [0.29, 0.717) is 0 Å². The molecule has 0 fully saturated rings. The van der Waals surface area contributed by atoms with E-state index in [9.17, 15) is 0 Å². The van der Waals surface area contributed by atoms with Crippen molar-refractivity contribution in [3.05, 3.63) is 223 Å². The van der Waals surface area contributed by atoms with Crippen molar-refractivity contribution in [1.82, 2.24) is 0 Å². The molecule has 1 aliphatic rings. The monoisotopic (exact) mass is 755 g/mol. The molecule has 0 atom stereocenters. The lowest BCUT2D eigenvalue weighted by atomic mass is 9.82. The SMILES string of the molecule is CC1(C)c2ccccc2-c2c(-c3ccccc3N(c3ccccc3-c3ccc(-c4ccccc4)cc3)c3ccc(-c4ccccc4)c4oc5ccccc5c34)cccc21. The second kappa shape index (κ2) is 13.9. The molecule has 2 heteroatoms. The fourth-order valence-electron chi connectivity index (χ4n) is 9.49. The van der Waals surface area contributed by atoms with Gasteiger partial charge in [-0.15, -0.1) is 0 Å². The number of benzene rings is 9. The van der Waals surface area contributed by atoms with Crippen molar-refractivity contribution in [2.24, 2.45) is 0 Å². The smallest absolute Gasteiger partial charge is 0.145 e. The summed E-state index contributed by atoms with van der Waals surface area (Å²) in [5.74, 6) is 0. The van der Waals surface area contributed by atoms with Crippen molar-refractivity contribution in [1.29, 1.82) is 0 Å². The maximum atomic E-state index is 6.88. The Balaban J connectivity index is 1.20.